The van der Waals surface area contributed by atoms with E-state index in [9.17, 15) is 4.79 Å². The number of amides is 2. The topological polar surface area (TPSA) is 50.8 Å². The first-order valence-corrected chi connectivity index (χ1v) is 9.55. The number of likely N-dealkylation sites (tertiary alicyclic amines) is 1. The van der Waals surface area contributed by atoms with Crippen LogP contribution in [-0.4, -0.2) is 31.7 Å². The molecular formula is C21H25ClN2O3. The van der Waals surface area contributed by atoms with Crippen LogP contribution < -0.4 is 14.8 Å². The van der Waals surface area contributed by atoms with E-state index < -0.39 is 0 Å². The molecule has 6 heteroatoms. The third kappa shape index (κ3) is 4.66. The lowest BCUT2D eigenvalue weighted by atomic mass is 10.0. The summed E-state index contributed by atoms with van der Waals surface area (Å²) in [7, 11) is 3.17. The molecule has 1 aliphatic rings. The van der Waals surface area contributed by atoms with Gasteiger partial charge >= 0.3 is 6.03 Å². The Morgan fingerprint density at radius 1 is 1.04 bits per heavy atom. The third-order valence-electron chi connectivity index (χ3n) is 4.90. The van der Waals surface area contributed by atoms with Crippen molar-refractivity contribution in [3.8, 4) is 11.5 Å². The van der Waals surface area contributed by atoms with Crippen molar-refractivity contribution in [1.29, 1.82) is 0 Å². The summed E-state index contributed by atoms with van der Waals surface area (Å²) in [4.78, 5) is 15.0. The molecule has 1 fully saturated rings. The van der Waals surface area contributed by atoms with Crippen LogP contribution in [0.3, 0.4) is 0 Å². The lowest BCUT2D eigenvalue weighted by Crippen LogP contribution is -2.38. The normalized spacial score (nSPS) is 17.1. The van der Waals surface area contributed by atoms with E-state index in [1.165, 1.54) is 0 Å². The molecule has 1 atom stereocenters. The summed E-state index contributed by atoms with van der Waals surface area (Å²) in [6.07, 6.45) is 4.18. The number of nitrogens with zero attached hydrogens (tertiary/aromatic N) is 1. The number of carbonyl (C=O) groups is 1. The molecule has 1 N–H and O–H groups in total. The zero-order valence-corrected chi connectivity index (χ0v) is 16.5. The Morgan fingerprint density at radius 2 is 1.78 bits per heavy atom. The number of halogens is 1. The number of urea groups is 1. The Labute approximate surface area is 165 Å². The molecule has 5 nitrogen and oxygen atoms in total. The Balaban J connectivity index is 1.80. The van der Waals surface area contributed by atoms with Gasteiger partial charge in [-0.05, 0) is 42.7 Å². The number of hydrogen-bond donors (Lipinski definition) is 1. The first-order chi connectivity index (χ1) is 13.1. The van der Waals surface area contributed by atoms with Crippen molar-refractivity contribution in [2.24, 2.45) is 0 Å². The predicted molar refractivity (Wildman–Crippen MR) is 108 cm³/mol. The minimum absolute atomic E-state index is 0.0462. The highest BCUT2D eigenvalue weighted by molar-refractivity contribution is 6.30. The van der Waals surface area contributed by atoms with E-state index in [0.29, 0.717) is 22.2 Å². The second kappa shape index (κ2) is 9.00. The summed E-state index contributed by atoms with van der Waals surface area (Å²) in [6, 6.07) is 13.1. The molecule has 0 aliphatic carbocycles. The second-order valence-corrected chi connectivity index (χ2v) is 7.05. The summed E-state index contributed by atoms with van der Waals surface area (Å²) >= 11 is 6.03. The molecule has 2 aromatic rings. The molecule has 2 aromatic carbocycles. The Morgan fingerprint density at radius 3 is 2.48 bits per heavy atom. The van der Waals surface area contributed by atoms with Gasteiger partial charge in [0, 0.05) is 23.3 Å². The fraction of sp³-hybridized carbons (Fsp3) is 0.381. The first kappa shape index (κ1) is 19.4. The maximum atomic E-state index is 13.0. The summed E-state index contributed by atoms with van der Waals surface area (Å²) < 4.78 is 10.6. The number of methoxy groups -OCH3 is 2. The van der Waals surface area contributed by atoms with Crippen LogP contribution in [0.4, 0.5) is 10.5 Å². The van der Waals surface area contributed by atoms with Crippen molar-refractivity contribution in [3.05, 3.63) is 53.1 Å². The average Bonchev–Trinajstić information content (AvgIpc) is 2.94. The predicted octanol–water partition coefficient (Wildman–Crippen LogP) is 5.51. The Kier molecular flexibility index (Phi) is 6.45. The molecule has 0 saturated carbocycles. The highest BCUT2D eigenvalue weighted by Gasteiger charge is 2.27. The largest absolute Gasteiger partial charge is 0.493 e. The molecule has 0 unspecified atom stereocenters. The van der Waals surface area contributed by atoms with Crippen LogP contribution in [0.15, 0.2) is 42.5 Å². The molecule has 1 heterocycles. The van der Waals surface area contributed by atoms with Gasteiger partial charge in [0.1, 0.15) is 0 Å². The highest BCUT2D eigenvalue weighted by Crippen LogP contribution is 2.33. The SMILES string of the molecule is COc1ccc(NC(=O)N2CCCCC[C@@H]2c2ccc(Cl)cc2)cc1OC. The van der Waals surface area contributed by atoms with E-state index >= 15 is 0 Å². The van der Waals surface area contributed by atoms with Crippen molar-refractivity contribution in [2.75, 3.05) is 26.1 Å². The summed E-state index contributed by atoms with van der Waals surface area (Å²) in [5.74, 6) is 1.21. The van der Waals surface area contributed by atoms with Crippen molar-refractivity contribution in [2.45, 2.75) is 31.7 Å². The molecular weight excluding hydrogens is 364 g/mol. The number of carbonyl (C=O) groups excluding carboxylic acids is 1. The lowest BCUT2D eigenvalue weighted by molar-refractivity contribution is 0.189. The Bertz CT molecular complexity index is 779. The number of nitrogens with one attached hydrogen (secondary N) is 1. The van der Waals surface area contributed by atoms with Gasteiger partial charge in [0.05, 0.1) is 20.3 Å². The van der Waals surface area contributed by atoms with Gasteiger partial charge < -0.3 is 19.7 Å². The van der Waals surface area contributed by atoms with Crippen LogP contribution >= 0.6 is 11.6 Å². The molecule has 0 spiro atoms. The number of ether oxygens (including phenoxy) is 2. The zero-order valence-electron chi connectivity index (χ0n) is 15.7. The van der Waals surface area contributed by atoms with Gasteiger partial charge in [0.25, 0.3) is 0 Å². The van der Waals surface area contributed by atoms with Crippen molar-refractivity contribution >= 4 is 23.3 Å². The second-order valence-electron chi connectivity index (χ2n) is 6.61. The molecule has 27 heavy (non-hydrogen) atoms. The molecule has 1 saturated heterocycles. The van der Waals surface area contributed by atoms with E-state index in [-0.39, 0.29) is 12.1 Å². The Hall–Kier alpha value is -2.40. The van der Waals surface area contributed by atoms with Crippen LogP contribution in [0, 0.1) is 0 Å². The fourth-order valence-electron chi connectivity index (χ4n) is 3.49. The van der Waals surface area contributed by atoms with E-state index in [1.54, 1.807) is 26.4 Å². The van der Waals surface area contributed by atoms with Crippen molar-refractivity contribution in [1.82, 2.24) is 4.90 Å². The molecule has 1 aliphatic heterocycles. The van der Waals surface area contributed by atoms with Crippen molar-refractivity contribution in [3.63, 3.8) is 0 Å². The zero-order chi connectivity index (χ0) is 19.2. The monoisotopic (exact) mass is 388 g/mol. The van der Waals surface area contributed by atoms with Crippen molar-refractivity contribution < 1.29 is 14.3 Å². The van der Waals surface area contributed by atoms with Crippen LogP contribution in [0.25, 0.3) is 0 Å². The molecule has 144 valence electrons. The highest BCUT2D eigenvalue weighted by atomic mass is 35.5. The lowest BCUT2D eigenvalue weighted by Gasteiger charge is -2.30. The molecule has 0 radical (unpaired) electrons. The van der Waals surface area contributed by atoms with Gasteiger partial charge in [-0.25, -0.2) is 4.79 Å². The standard InChI is InChI=1S/C21H25ClN2O3/c1-26-19-12-11-17(14-20(19)27-2)23-21(25)24-13-5-3-4-6-18(24)15-7-9-16(22)10-8-15/h7-12,14,18H,3-6,13H2,1-2H3,(H,23,25)/t18-/m1/s1. The maximum absolute atomic E-state index is 13.0. The number of benzene rings is 2. The molecule has 0 bridgehead atoms. The van der Waals surface area contributed by atoms with Crippen LogP contribution in [-0.2, 0) is 0 Å². The van der Waals surface area contributed by atoms with E-state index in [2.05, 4.69) is 5.32 Å². The summed E-state index contributed by atoms with van der Waals surface area (Å²) in [5.41, 5.74) is 1.79. The molecule has 2 amide bonds. The number of rotatable bonds is 4. The third-order valence-corrected chi connectivity index (χ3v) is 5.16. The minimum atomic E-state index is -0.107. The van der Waals surface area contributed by atoms with Gasteiger partial charge in [-0.2, -0.15) is 0 Å². The van der Waals surface area contributed by atoms with Gasteiger partial charge in [-0.1, -0.05) is 36.6 Å². The summed E-state index contributed by atoms with van der Waals surface area (Å²) in [6.45, 7) is 0.729. The first-order valence-electron chi connectivity index (χ1n) is 9.17. The molecule has 0 aromatic heterocycles. The average molecular weight is 389 g/mol. The van der Waals surface area contributed by atoms with E-state index in [0.717, 1.165) is 37.8 Å². The fourth-order valence-corrected chi connectivity index (χ4v) is 3.62. The number of hydrogen-bond acceptors (Lipinski definition) is 3. The smallest absolute Gasteiger partial charge is 0.322 e. The summed E-state index contributed by atoms with van der Waals surface area (Å²) in [5, 5.41) is 3.70. The van der Waals surface area contributed by atoms with Gasteiger partial charge in [-0.3, -0.25) is 0 Å². The van der Waals surface area contributed by atoms with E-state index in [4.69, 9.17) is 21.1 Å². The van der Waals surface area contributed by atoms with Crippen LogP contribution in [0.2, 0.25) is 5.02 Å². The minimum Gasteiger partial charge on any atom is -0.493 e. The van der Waals surface area contributed by atoms with Crippen LogP contribution in [0.1, 0.15) is 37.3 Å². The molecule has 3 rings (SSSR count). The quantitative estimate of drug-likeness (QED) is 0.751. The van der Waals surface area contributed by atoms with Crippen LogP contribution in [0.5, 0.6) is 11.5 Å². The van der Waals surface area contributed by atoms with Gasteiger partial charge in [0.15, 0.2) is 11.5 Å². The maximum Gasteiger partial charge on any atom is 0.322 e. The number of anilines is 1. The van der Waals surface area contributed by atoms with Gasteiger partial charge in [-0.15, -0.1) is 0 Å². The van der Waals surface area contributed by atoms with Gasteiger partial charge in [0.2, 0.25) is 0 Å². The van der Waals surface area contributed by atoms with E-state index in [1.807, 2.05) is 35.2 Å².